The van der Waals surface area contributed by atoms with Crippen molar-refractivity contribution in [3.63, 3.8) is 0 Å². The van der Waals surface area contributed by atoms with Gasteiger partial charge < -0.3 is 14.2 Å². The highest BCUT2D eigenvalue weighted by Crippen LogP contribution is 2.36. The van der Waals surface area contributed by atoms with Gasteiger partial charge in [-0.2, -0.15) is 5.10 Å². The van der Waals surface area contributed by atoms with E-state index in [0.717, 1.165) is 0 Å². The van der Waals surface area contributed by atoms with E-state index < -0.39 is 5.97 Å². The molecule has 1 aromatic heterocycles. The molecule has 0 bridgehead atoms. The van der Waals surface area contributed by atoms with Crippen LogP contribution in [-0.2, 0) is 16.0 Å². The Morgan fingerprint density at radius 3 is 2.75 bits per heavy atom. The van der Waals surface area contributed by atoms with E-state index in [9.17, 15) is 9.59 Å². The number of aromatic nitrogens is 1. The van der Waals surface area contributed by atoms with E-state index in [4.69, 9.17) is 25.8 Å². The minimum atomic E-state index is -0.545. The predicted octanol–water partition coefficient (Wildman–Crippen LogP) is 4.58. The average molecular weight is 474 g/mol. The summed E-state index contributed by atoms with van der Waals surface area (Å²) in [6, 6.07) is 11.8. The highest BCUT2D eigenvalue weighted by molar-refractivity contribution is 7.13. The van der Waals surface area contributed by atoms with Crippen LogP contribution in [0, 0.1) is 0 Å². The summed E-state index contributed by atoms with van der Waals surface area (Å²) in [5.41, 5.74) is 4.40. The smallest absolute Gasteiger partial charge is 0.343 e. The molecule has 2 aromatic carbocycles. The van der Waals surface area contributed by atoms with Gasteiger partial charge in [0.2, 0.25) is 5.13 Å². The van der Waals surface area contributed by atoms with Crippen LogP contribution in [0.4, 0.5) is 5.13 Å². The third kappa shape index (κ3) is 6.29. The van der Waals surface area contributed by atoms with Crippen LogP contribution in [0.2, 0.25) is 5.02 Å². The number of methoxy groups -OCH3 is 1. The standard InChI is InChI=1S/C22H20ClN3O5S/c1-3-30-19(27)11-16-13-32-22(25-16)26-24-12-14-9-17(23)20(18(10-14)29-2)31-21(28)15-7-5-4-6-8-15/h4-10,12-13H,3,11H2,1-2H3,(H,25,26). The second kappa shape index (κ2) is 11.3. The van der Waals surface area contributed by atoms with E-state index >= 15 is 0 Å². The van der Waals surface area contributed by atoms with Crippen molar-refractivity contribution in [2.24, 2.45) is 5.10 Å². The second-order valence-corrected chi connectivity index (χ2v) is 7.55. The molecule has 3 rings (SSSR count). The molecule has 0 saturated heterocycles. The molecule has 0 saturated carbocycles. The number of benzene rings is 2. The first-order valence-corrected chi connectivity index (χ1v) is 10.8. The SMILES string of the molecule is CCOC(=O)Cc1csc(NN=Cc2cc(Cl)c(OC(=O)c3ccccc3)c(OC)c2)n1. The van der Waals surface area contributed by atoms with Gasteiger partial charge >= 0.3 is 11.9 Å². The summed E-state index contributed by atoms with van der Waals surface area (Å²) in [6.45, 7) is 2.08. The summed E-state index contributed by atoms with van der Waals surface area (Å²) < 4.78 is 15.7. The zero-order chi connectivity index (χ0) is 22.9. The summed E-state index contributed by atoms with van der Waals surface area (Å²) in [6.07, 6.45) is 1.62. The summed E-state index contributed by atoms with van der Waals surface area (Å²) in [7, 11) is 1.45. The Labute approximate surface area is 193 Å². The summed E-state index contributed by atoms with van der Waals surface area (Å²) in [5, 5.41) is 6.60. The molecule has 0 amide bonds. The Bertz CT molecular complexity index is 1120. The van der Waals surface area contributed by atoms with Crippen molar-refractivity contribution in [2.75, 3.05) is 19.1 Å². The predicted molar refractivity (Wildman–Crippen MR) is 123 cm³/mol. The summed E-state index contributed by atoms with van der Waals surface area (Å²) >= 11 is 7.64. The van der Waals surface area contributed by atoms with Crippen LogP contribution in [0.3, 0.4) is 0 Å². The molecule has 166 valence electrons. The van der Waals surface area contributed by atoms with Gasteiger partial charge in [-0.05, 0) is 36.8 Å². The quantitative estimate of drug-likeness (QED) is 0.210. The van der Waals surface area contributed by atoms with Gasteiger partial charge in [0.15, 0.2) is 11.5 Å². The van der Waals surface area contributed by atoms with Gasteiger partial charge in [0.05, 0.1) is 42.6 Å². The van der Waals surface area contributed by atoms with Crippen molar-refractivity contribution < 1.29 is 23.8 Å². The Hall–Kier alpha value is -3.43. The number of anilines is 1. The van der Waals surface area contributed by atoms with Gasteiger partial charge in [-0.15, -0.1) is 11.3 Å². The topological polar surface area (TPSA) is 99.1 Å². The average Bonchev–Trinajstić information content (AvgIpc) is 3.22. The molecule has 0 aliphatic carbocycles. The largest absolute Gasteiger partial charge is 0.493 e. The maximum Gasteiger partial charge on any atom is 0.343 e. The first-order valence-electron chi connectivity index (χ1n) is 9.54. The lowest BCUT2D eigenvalue weighted by Gasteiger charge is -2.12. The van der Waals surface area contributed by atoms with E-state index in [0.29, 0.717) is 28.6 Å². The van der Waals surface area contributed by atoms with Gasteiger partial charge in [0, 0.05) is 5.38 Å². The van der Waals surface area contributed by atoms with Crippen molar-refractivity contribution in [1.82, 2.24) is 4.98 Å². The van der Waals surface area contributed by atoms with Crippen molar-refractivity contribution in [1.29, 1.82) is 0 Å². The Morgan fingerprint density at radius 2 is 2.03 bits per heavy atom. The molecule has 0 atom stereocenters. The zero-order valence-corrected chi connectivity index (χ0v) is 18.9. The number of esters is 2. The van der Waals surface area contributed by atoms with Crippen LogP contribution in [0.15, 0.2) is 52.9 Å². The molecule has 3 aromatic rings. The van der Waals surface area contributed by atoms with Crippen LogP contribution < -0.4 is 14.9 Å². The first kappa shape index (κ1) is 23.2. The van der Waals surface area contributed by atoms with Crippen molar-refractivity contribution >= 4 is 46.2 Å². The molecular formula is C22H20ClN3O5S. The van der Waals surface area contributed by atoms with Gasteiger partial charge in [-0.3, -0.25) is 10.2 Å². The molecule has 0 aliphatic rings. The fraction of sp³-hybridized carbons (Fsp3) is 0.182. The summed E-state index contributed by atoms with van der Waals surface area (Å²) in [4.78, 5) is 28.1. The number of ether oxygens (including phenoxy) is 3. The zero-order valence-electron chi connectivity index (χ0n) is 17.3. The lowest BCUT2D eigenvalue weighted by Crippen LogP contribution is -2.09. The van der Waals surface area contributed by atoms with Crippen LogP contribution in [0.1, 0.15) is 28.5 Å². The van der Waals surface area contributed by atoms with Gasteiger partial charge in [-0.25, -0.2) is 9.78 Å². The number of carbonyl (C=O) groups excluding carboxylic acids is 2. The normalized spacial score (nSPS) is 10.7. The first-order chi connectivity index (χ1) is 15.5. The van der Waals surface area contributed by atoms with Crippen LogP contribution >= 0.6 is 22.9 Å². The minimum absolute atomic E-state index is 0.103. The summed E-state index contributed by atoms with van der Waals surface area (Å²) in [5.74, 6) is -0.468. The third-order valence-corrected chi connectivity index (χ3v) is 5.09. The lowest BCUT2D eigenvalue weighted by molar-refractivity contribution is -0.142. The number of rotatable bonds is 9. The fourth-order valence-electron chi connectivity index (χ4n) is 2.60. The van der Waals surface area contributed by atoms with Gasteiger partial charge in [0.25, 0.3) is 0 Å². The Kier molecular flexibility index (Phi) is 8.18. The van der Waals surface area contributed by atoms with Crippen molar-refractivity contribution in [3.8, 4) is 11.5 Å². The molecule has 8 nitrogen and oxygen atoms in total. The van der Waals surface area contributed by atoms with Gasteiger partial charge in [-0.1, -0.05) is 29.8 Å². The number of halogens is 1. The number of hydrogen-bond donors (Lipinski definition) is 1. The molecule has 0 radical (unpaired) electrons. The van der Waals surface area contributed by atoms with E-state index in [1.54, 1.807) is 54.8 Å². The van der Waals surface area contributed by atoms with E-state index in [1.165, 1.54) is 24.7 Å². The molecule has 1 heterocycles. The Balaban J connectivity index is 1.67. The number of thiazole rings is 1. The highest BCUT2D eigenvalue weighted by Gasteiger charge is 2.17. The molecule has 10 heteroatoms. The molecule has 0 spiro atoms. The Morgan fingerprint density at radius 1 is 1.25 bits per heavy atom. The number of hydrogen-bond acceptors (Lipinski definition) is 9. The van der Waals surface area contributed by atoms with Crippen LogP contribution in [-0.4, -0.2) is 36.9 Å². The van der Waals surface area contributed by atoms with Crippen molar-refractivity contribution in [3.05, 3.63) is 69.7 Å². The molecule has 1 N–H and O–H groups in total. The number of carbonyl (C=O) groups is 2. The molecule has 32 heavy (non-hydrogen) atoms. The monoisotopic (exact) mass is 473 g/mol. The molecular weight excluding hydrogens is 454 g/mol. The van der Waals surface area contributed by atoms with E-state index in [-0.39, 0.29) is 28.9 Å². The maximum atomic E-state index is 12.3. The third-order valence-electron chi connectivity index (χ3n) is 4.01. The second-order valence-electron chi connectivity index (χ2n) is 6.29. The number of nitrogens with zero attached hydrogens (tertiary/aromatic N) is 2. The molecule has 0 unspecified atom stereocenters. The minimum Gasteiger partial charge on any atom is -0.493 e. The molecule has 0 fully saturated rings. The maximum absolute atomic E-state index is 12.3. The van der Waals surface area contributed by atoms with E-state index in [1.807, 2.05) is 0 Å². The van der Waals surface area contributed by atoms with Gasteiger partial charge in [0.1, 0.15) is 0 Å². The van der Waals surface area contributed by atoms with Crippen molar-refractivity contribution in [2.45, 2.75) is 13.3 Å². The lowest BCUT2D eigenvalue weighted by atomic mass is 10.2. The fourth-order valence-corrected chi connectivity index (χ4v) is 3.52. The number of nitrogens with one attached hydrogen (secondary N) is 1. The van der Waals surface area contributed by atoms with Crippen LogP contribution in [0.5, 0.6) is 11.5 Å². The molecule has 0 aliphatic heterocycles. The highest BCUT2D eigenvalue weighted by atomic mass is 35.5. The number of hydrazone groups is 1. The van der Waals surface area contributed by atoms with E-state index in [2.05, 4.69) is 15.5 Å². The van der Waals surface area contributed by atoms with Crippen LogP contribution in [0.25, 0.3) is 0 Å².